The van der Waals surface area contributed by atoms with E-state index in [0.29, 0.717) is 0 Å². The van der Waals surface area contributed by atoms with Crippen molar-refractivity contribution in [3.05, 3.63) is 41.4 Å². The number of rotatable bonds is 4. The van der Waals surface area contributed by atoms with E-state index in [4.69, 9.17) is 16.7 Å². The number of benzene rings is 2. The van der Waals surface area contributed by atoms with Crippen LogP contribution < -0.4 is 9.86 Å². The van der Waals surface area contributed by atoms with Gasteiger partial charge in [0.15, 0.2) is 5.75 Å². The Morgan fingerprint density at radius 2 is 1.61 bits per heavy atom. The van der Waals surface area contributed by atoms with E-state index in [2.05, 4.69) is 0 Å². The standard InChI is InChI=1S/C12H11ClN2O6S2/c13-7-5-8(12(17)11(6-7)22(14,18)19)15-23(20,21)10-4-2-1-3-9(10)16/h1-6,15-17H,(H2,14,18,19). The number of aromatic hydroxyl groups is 2. The Hall–Kier alpha value is -2.01. The number of nitrogens with two attached hydrogens (primary N) is 1. The zero-order valence-corrected chi connectivity index (χ0v) is 13.7. The first-order valence-electron chi connectivity index (χ1n) is 5.88. The average molecular weight is 379 g/mol. The molecule has 0 amide bonds. The van der Waals surface area contributed by atoms with Gasteiger partial charge in [-0.2, -0.15) is 0 Å². The Labute approximate surface area is 137 Å². The normalized spacial score (nSPS) is 12.1. The molecule has 0 bridgehead atoms. The van der Waals surface area contributed by atoms with E-state index in [9.17, 15) is 27.0 Å². The first-order valence-corrected chi connectivity index (χ1v) is 9.29. The van der Waals surface area contributed by atoms with Crippen molar-refractivity contribution in [1.82, 2.24) is 0 Å². The van der Waals surface area contributed by atoms with Gasteiger partial charge in [0, 0.05) is 5.02 Å². The summed E-state index contributed by atoms with van der Waals surface area (Å²) in [4.78, 5) is -1.20. The summed E-state index contributed by atoms with van der Waals surface area (Å²) >= 11 is 5.72. The lowest BCUT2D eigenvalue weighted by atomic mass is 10.3. The summed E-state index contributed by atoms with van der Waals surface area (Å²) in [7, 11) is -8.63. The zero-order chi connectivity index (χ0) is 17.4. The highest BCUT2D eigenvalue weighted by atomic mass is 35.5. The van der Waals surface area contributed by atoms with Crippen molar-refractivity contribution in [2.24, 2.45) is 5.14 Å². The maximum Gasteiger partial charge on any atom is 0.265 e. The van der Waals surface area contributed by atoms with Crippen LogP contribution in [0, 0.1) is 0 Å². The fraction of sp³-hybridized carbons (Fsp3) is 0. The van der Waals surface area contributed by atoms with Crippen molar-refractivity contribution in [3.8, 4) is 11.5 Å². The van der Waals surface area contributed by atoms with Crippen molar-refractivity contribution in [2.45, 2.75) is 9.79 Å². The lowest BCUT2D eigenvalue weighted by Crippen LogP contribution is -2.16. The van der Waals surface area contributed by atoms with E-state index in [1.807, 2.05) is 4.72 Å². The number of primary sulfonamides is 1. The monoisotopic (exact) mass is 378 g/mol. The molecule has 0 saturated carbocycles. The number of anilines is 1. The maximum absolute atomic E-state index is 12.2. The largest absolute Gasteiger partial charge is 0.507 e. The van der Waals surface area contributed by atoms with Crippen molar-refractivity contribution in [1.29, 1.82) is 0 Å². The summed E-state index contributed by atoms with van der Waals surface area (Å²) in [5.74, 6) is -1.43. The average Bonchev–Trinajstić information content (AvgIpc) is 2.41. The Bertz CT molecular complexity index is 973. The van der Waals surface area contributed by atoms with Gasteiger partial charge < -0.3 is 10.2 Å². The second-order valence-electron chi connectivity index (χ2n) is 4.42. The SMILES string of the molecule is NS(=O)(=O)c1cc(Cl)cc(NS(=O)(=O)c2ccccc2O)c1O. The fourth-order valence-corrected chi connectivity index (χ4v) is 3.86. The molecule has 11 heteroatoms. The number of sulfonamides is 2. The highest BCUT2D eigenvalue weighted by Crippen LogP contribution is 2.36. The lowest BCUT2D eigenvalue weighted by molar-refractivity contribution is 0.457. The quantitative estimate of drug-likeness (QED) is 0.588. The second-order valence-corrected chi connectivity index (χ2v) is 8.04. The predicted octanol–water partition coefficient (Wildman–Crippen LogP) is 1.20. The molecular weight excluding hydrogens is 368 g/mol. The highest BCUT2D eigenvalue weighted by molar-refractivity contribution is 7.93. The Kier molecular flexibility index (Phi) is 4.44. The molecule has 0 heterocycles. The van der Waals surface area contributed by atoms with Crippen LogP contribution in [0.3, 0.4) is 0 Å². The number of para-hydroxylation sites is 1. The summed E-state index contributed by atoms with van der Waals surface area (Å²) in [6.07, 6.45) is 0. The lowest BCUT2D eigenvalue weighted by Gasteiger charge is -2.13. The van der Waals surface area contributed by atoms with E-state index in [0.717, 1.165) is 24.3 Å². The molecule has 124 valence electrons. The Morgan fingerprint density at radius 1 is 1.00 bits per heavy atom. The maximum atomic E-state index is 12.2. The van der Waals surface area contributed by atoms with Gasteiger partial charge in [-0.05, 0) is 24.3 Å². The number of nitrogens with one attached hydrogen (secondary N) is 1. The summed E-state index contributed by atoms with van der Waals surface area (Å²) in [6, 6.07) is 6.96. The van der Waals surface area contributed by atoms with Crippen molar-refractivity contribution in [2.75, 3.05) is 4.72 Å². The van der Waals surface area contributed by atoms with Gasteiger partial charge in [0.2, 0.25) is 10.0 Å². The van der Waals surface area contributed by atoms with Crippen LogP contribution >= 0.6 is 11.6 Å². The van der Waals surface area contributed by atoms with Gasteiger partial charge in [0.1, 0.15) is 15.5 Å². The molecule has 0 atom stereocenters. The summed E-state index contributed by atoms with van der Waals surface area (Å²) in [6.45, 7) is 0. The van der Waals surface area contributed by atoms with Crippen LogP contribution in [0.2, 0.25) is 5.02 Å². The van der Waals surface area contributed by atoms with Gasteiger partial charge in [0.25, 0.3) is 10.0 Å². The Morgan fingerprint density at radius 3 is 2.17 bits per heavy atom. The molecule has 2 aromatic rings. The molecule has 0 radical (unpaired) electrons. The molecule has 2 rings (SSSR count). The molecule has 0 aliphatic heterocycles. The molecule has 0 aliphatic carbocycles. The molecule has 2 aromatic carbocycles. The third kappa shape index (κ3) is 3.67. The van der Waals surface area contributed by atoms with Crippen molar-refractivity contribution >= 4 is 37.3 Å². The molecule has 0 aliphatic rings. The van der Waals surface area contributed by atoms with Crippen LogP contribution in [0.4, 0.5) is 5.69 Å². The molecule has 0 spiro atoms. The minimum Gasteiger partial charge on any atom is -0.507 e. The van der Waals surface area contributed by atoms with Gasteiger partial charge in [-0.1, -0.05) is 23.7 Å². The number of halogens is 1. The molecule has 23 heavy (non-hydrogen) atoms. The van der Waals surface area contributed by atoms with E-state index >= 15 is 0 Å². The number of phenols is 2. The van der Waals surface area contributed by atoms with Gasteiger partial charge in [0.05, 0.1) is 5.69 Å². The van der Waals surface area contributed by atoms with Crippen LogP contribution in [0.15, 0.2) is 46.2 Å². The molecule has 0 fully saturated rings. The second kappa shape index (κ2) is 5.89. The Balaban J connectivity index is 2.57. The van der Waals surface area contributed by atoms with E-state index < -0.39 is 47.0 Å². The zero-order valence-electron chi connectivity index (χ0n) is 11.3. The molecule has 8 nitrogen and oxygen atoms in total. The molecule has 0 saturated heterocycles. The topological polar surface area (TPSA) is 147 Å². The minimum atomic E-state index is -4.33. The number of phenolic OH excluding ortho intramolecular Hbond substituents is 2. The number of hydrogen-bond donors (Lipinski definition) is 4. The highest BCUT2D eigenvalue weighted by Gasteiger charge is 2.24. The molecule has 0 unspecified atom stereocenters. The molecule has 0 aromatic heterocycles. The van der Waals surface area contributed by atoms with E-state index in [1.54, 1.807) is 0 Å². The van der Waals surface area contributed by atoms with Crippen LogP contribution in [-0.4, -0.2) is 27.0 Å². The van der Waals surface area contributed by atoms with Crippen LogP contribution in [0.25, 0.3) is 0 Å². The smallest absolute Gasteiger partial charge is 0.265 e. The third-order valence-electron chi connectivity index (χ3n) is 2.75. The van der Waals surface area contributed by atoms with Gasteiger partial charge in [-0.15, -0.1) is 0 Å². The third-order valence-corrected chi connectivity index (χ3v) is 5.30. The van der Waals surface area contributed by atoms with Gasteiger partial charge >= 0.3 is 0 Å². The first kappa shape index (κ1) is 17.3. The van der Waals surface area contributed by atoms with E-state index in [-0.39, 0.29) is 5.02 Å². The minimum absolute atomic E-state index is 0.165. The van der Waals surface area contributed by atoms with Crippen LogP contribution in [-0.2, 0) is 20.0 Å². The van der Waals surface area contributed by atoms with Crippen LogP contribution in [0.5, 0.6) is 11.5 Å². The van der Waals surface area contributed by atoms with Crippen molar-refractivity contribution in [3.63, 3.8) is 0 Å². The first-order chi connectivity index (χ1) is 10.5. The van der Waals surface area contributed by atoms with Gasteiger partial charge in [-0.3, -0.25) is 4.72 Å². The summed E-state index contributed by atoms with van der Waals surface area (Å²) < 4.78 is 49.2. The van der Waals surface area contributed by atoms with Crippen LogP contribution in [0.1, 0.15) is 0 Å². The predicted molar refractivity (Wildman–Crippen MR) is 83.4 cm³/mol. The summed E-state index contributed by atoms with van der Waals surface area (Å²) in [5, 5.41) is 24.3. The number of hydrogen-bond acceptors (Lipinski definition) is 6. The fourth-order valence-electron chi connectivity index (χ4n) is 1.75. The van der Waals surface area contributed by atoms with Crippen molar-refractivity contribution < 1.29 is 27.0 Å². The molecular formula is C12H11ClN2O6S2. The van der Waals surface area contributed by atoms with E-state index in [1.165, 1.54) is 12.1 Å². The molecule has 5 N–H and O–H groups in total. The summed E-state index contributed by atoms with van der Waals surface area (Å²) in [5.41, 5.74) is -0.496. The van der Waals surface area contributed by atoms with Gasteiger partial charge in [-0.25, -0.2) is 22.0 Å².